The molecule has 0 bridgehead atoms. The van der Waals surface area contributed by atoms with Crippen molar-refractivity contribution in [1.29, 1.82) is 0 Å². The Kier molecular flexibility index (Phi) is 171. The van der Waals surface area contributed by atoms with Crippen LogP contribution in [0.5, 0.6) is 0 Å². The molecule has 0 saturated heterocycles. The Morgan fingerprint density at radius 2 is 1.00 bits per heavy atom. The van der Waals surface area contributed by atoms with Gasteiger partial charge in [0.05, 0.1) is 0 Å². The minimum absolute atomic E-state index is 0. The predicted molar refractivity (Wildman–Crippen MR) is 11.0 cm³/mol. The standard InChI is InChI=1S/Ba.H2O2.O2/c;2*1-2/h;1-2H;/q+2;;-2. The number of hydrogen-bond acceptors (Lipinski definition) is 4. The minimum Gasteiger partial charge on any atom is -1.00 e. The molecule has 0 aliphatic rings. The fourth-order valence-electron chi connectivity index (χ4n) is 0. The van der Waals surface area contributed by atoms with Crippen LogP contribution in [0.4, 0.5) is 0 Å². The van der Waals surface area contributed by atoms with Gasteiger partial charge >= 0.3 is 48.9 Å². The zero-order valence-corrected chi connectivity index (χ0v) is 6.86. The Labute approximate surface area is 69.0 Å². The maximum Gasteiger partial charge on any atom is 2.00 e. The van der Waals surface area contributed by atoms with Gasteiger partial charge in [-0.05, 0) is 0 Å². The molecule has 0 aromatic heterocycles. The average molecular weight is 203 g/mol. The van der Waals surface area contributed by atoms with Crippen molar-refractivity contribution in [1.82, 2.24) is 0 Å². The molecule has 0 aliphatic heterocycles. The molecule has 0 saturated carbocycles. The third-order valence-corrected chi connectivity index (χ3v) is 0. The summed E-state index contributed by atoms with van der Waals surface area (Å²) in [5.74, 6) is 0. The van der Waals surface area contributed by atoms with E-state index in [0.29, 0.717) is 0 Å². The molecule has 2 N–H and O–H groups in total. The Balaban J connectivity index is -0.0000000133. The molecule has 0 atom stereocenters. The van der Waals surface area contributed by atoms with Crippen molar-refractivity contribution < 1.29 is 21.0 Å². The van der Waals surface area contributed by atoms with Crippen LogP contribution in [-0.2, 0) is 0 Å². The topological polar surface area (TPSA) is 86.6 Å². The van der Waals surface area contributed by atoms with E-state index in [4.69, 9.17) is 21.0 Å². The van der Waals surface area contributed by atoms with Gasteiger partial charge in [0.15, 0.2) is 0 Å². The summed E-state index contributed by atoms with van der Waals surface area (Å²) in [6, 6.07) is 0. The molecule has 0 unspecified atom stereocenters. The molecule has 5 heteroatoms. The van der Waals surface area contributed by atoms with Crippen molar-refractivity contribution in [2.45, 2.75) is 0 Å². The smallest absolute Gasteiger partial charge is 1.00 e. The second-order valence-corrected chi connectivity index (χ2v) is 0. The second kappa shape index (κ2) is 52.9. The summed E-state index contributed by atoms with van der Waals surface area (Å²) in [6.07, 6.45) is 0. The predicted octanol–water partition coefficient (Wildman–Crippen LogP) is -2.74. The third kappa shape index (κ3) is 31.6. The first kappa shape index (κ1) is 16.1. The van der Waals surface area contributed by atoms with E-state index >= 15 is 0 Å². The molecular formula is H2BaO4. The summed E-state index contributed by atoms with van der Waals surface area (Å²) in [5.41, 5.74) is 0. The monoisotopic (exact) mass is 204 g/mol. The Bertz CT molecular complexity index is 3.61. The first-order valence-electron chi connectivity index (χ1n) is 0.367. The quantitative estimate of drug-likeness (QED) is 0.254. The van der Waals surface area contributed by atoms with Crippen LogP contribution in [0.2, 0.25) is 0 Å². The van der Waals surface area contributed by atoms with Crippen LogP contribution in [0.25, 0.3) is 0 Å². The van der Waals surface area contributed by atoms with Crippen molar-refractivity contribution in [3.63, 3.8) is 0 Å². The summed E-state index contributed by atoms with van der Waals surface area (Å²) in [6.45, 7) is 0. The molecule has 4 nitrogen and oxygen atoms in total. The largest absolute Gasteiger partial charge is 2.00 e. The molecule has 5 heavy (non-hydrogen) atoms. The first-order valence-corrected chi connectivity index (χ1v) is 0.367. The van der Waals surface area contributed by atoms with Crippen LogP contribution < -0.4 is 10.5 Å². The van der Waals surface area contributed by atoms with Gasteiger partial charge in [-0.3, -0.25) is 10.5 Å². The van der Waals surface area contributed by atoms with E-state index in [0.717, 1.165) is 0 Å². The molecule has 0 rings (SSSR count). The summed E-state index contributed by atoms with van der Waals surface area (Å²) >= 11 is 0. The number of hydrogen-bond donors (Lipinski definition) is 2. The van der Waals surface area contributed by atoms with Crippen LogP contribution in [0.3, 0.4) is 0 Å². The maximum absolute atomic E-state index is 7.00. The van der Waals surface area contributed by atoms with Gasteiger partial charge in [-0.1, -0.05) is 0 Å². The van der Waals surface area contributed by atoms with Crippen molar-refractivity contribution >= 4 is 48.9 Å². The van der Waals surface area contributed by atoms with Crippen LogP contribution in [0, 0.1) is 0 Å². The van der Waals surface area contributed by atoms with E-state index in [1.165, 1.54) is 0 Å². The van der Waals surface area contributed by atoms with Gasteiger partial charge in [0.2, 0.25) is 0 Å². The van der Waals surface area contributed by atoms with E-state index in [2.05, 4.69) is 0 Å². The molecule has 0 amide bonds. The molecule has 0 radical (unpaired) electrons. The van der Waals surface area contributed by atoms with E-state index in [1.54, 1.807) is 0 Å². The Morgan fingerprint density at radius 3 is 1.00 bits per heavy atom. The van der Waals surface area contributed by atoms with E-state index in [9.17, 15) is 0 Å². The van der Waals surface area contributed by atoms with Gasteiger partial charge in [-0.2, -0.15) is 0 Å². The average Bonchev–Trinajstić information content (AvgIpc) is 1.50. The van der Waals surface area contributed by atoms with Gasteiger partial charge in [-0.15, -0.1) is 0 Å². The molecule has 0 aromatic rings. The molecule has 28 valence electrons. The van der Waals surface area contributed by atoms with Crippen LogP contribution >= 0.6 is 0 Å². The van der Waals surface area contributed by atoms with Gasteiger partial charge in [0.25, 0.3) is 0 Å². The molecule has 0 aliphatic carbocycles. The zero-order valence-electron chi connectivity index (χ0n) is 2.42. The normalized spacial score (nSPS) is 2.40. The van der Waals surface area contributed by atoms with Gasteiger partial charge < -0.3 is 10.5 Å². The molecule has 0 fully saturated rings. The zero-order chi connectivity index (χ0) is 4.00. The fraction of sp³-hybridized carbons (Fsp3) is 0. The van der Waals surface area contributed by atoms with Gasteiger partial charge in [0.1, 0.15) is 0 Å². The Morgan fingerprint density at radius 1 is 1.00 bits per heavy atom. The van der Waals surface area contributed by atoms with Crippen molar-refractivity contribution in [3.05, 3.63) is 0 Å². The Hall–Kier alpha value is 1.41. The first-order chi connectivity index (χ1) is 2.00. The SMILES string of the molecule is OO.[Ba+2].[O-][O-]. The molecule has 0 aromatic carbocycles. The van der Waals surface area contributed by atoms with Crippen LogP contribution in [-0.4, -0.2) is 59.4 Å². The minimum atomic E-state index is 0. The van der Waals surface area contributed by atoms with E-state index < -0.39 is 0 Å². The maximum atomic E-state index is 7.00. The fourth-order valence-corrected chi connectivity index (χ4v) is 0. The van der Waals surface area contributed by atoms with Crippen LogP contribution in [0.15, 0.2) is 0 Å². The summed E-state index contributed by atoms with van der Waals surface area (Å²) in [4.78, 5) is 0. The summed E-state index contributed by atoms with van der Waals surface area (Å²) in [5, 5.41) is 26.0. The summed E-state index contributed by atoms with van der Waals surface area (Å²) < 4.78 is 0. The second-order valence-electron chi connectivity index (χ2n) is 0. The summed E-state index contributed by atoms with van der Waals surface area (Å²) in [7, 11) is 0. The van der Waals surface area contributed by atoms with Gasteiger partial charge in [0, 0.05) is 0 Å². The molecular weight excluding hydrogens is 201 g/mol. The third-order valence-electron chi connectivity index (χ3n) is 0. The van der Waals surface area contributed by atoms with E-state index in [-0.39, 0.29) is 48.9 Å². The van der Waals surface area contributed by atoms with Crippen LogP contribution in [0.1, 0.15) is 0 Å². The molecule has 0 spiro atoms. The van der Waals surface area contributed by atoms with Crippen molar-refractivity contribution in [3.8, 4) is 0 Å². The van der Waals surface area contributed by atoms with Crippen molar-refractivity contribution in [2.24, 2.45) is 0 Å². The number of rotatable bonds is 0. The van der Waals surface area contributed by atoms with Crippen molar-refractivity contribution in [2.75, 3.05) is 0 Å². The molecule has 0 heterocycles. The van der Waals surface area contributed by atoms with E-state index in [1.807, 2.05) is 0 Å². The van der Waals surface area contributed by atoms with Gasteiger partial charge in [-0.25, -0.2) is 0 Å².